The fraction of sp³-hybridized carbons (Fsp3) is 0.148. The van der Waals surface area contributed by atoms with Crippen molar-refractivity contribution in [3.05, 3.63) is 101 Å². The molecule has 0 bridgehead atoms. The first-order chi connectivity index (χ1) is 18.5. The molecule has 0 saturated carbocycles. The molecule has 1 saturated heterocycles. The molecular formula is C27H21FN4O4S2. The topological polar surface area (TPSA) is 106 Å². The Hall–Kier alpha value is -4.09. The van der Waals surface area contributed by atoms with E-state index < -0.39 is 17.7 Å². The van der Waals surface area contributed by atoms with Crippen LogP contribution in [0.1, 0.15) is 29.7 Å². The quantitative estimate of drug-likeness (QED) is 0.103. The Bertz CT molecular complexity index is 1510. The Morgan fingerprint density at radius 2 is 1.87 bits per heavy atom. The minimum atomic E-state index is -0.952. The SMILES string of the molecule is CCOc1cccc(C2C(=C(O)c3ccncc3)C(=O)C(=O)N2c2nnc(SCc3ccc(F)cc3)s2)c1. The summed E-state index contributed by atoms with van der Waals surface area (Å²) in [5, 5.41) is 19.8. The van der Waals surface area contributed by atoms with Gasteiger partial charge in [-0.1, -0.05) is 47.4 Å². The molecule has 38 heavy (non-hydrogen) atoms. The minimum absolute atomic E-state index is 0.0643. The molecule has 1 N–H and O–H groups in total. The first-order valence-electron chi connectivity index (χ1n) is 11.6. The largest absolute Gasteiger partial charge is 0.507 e. The van der Waals surface area contributed by atoms with E-state index in [-0.39, 0.29) is 22.3 Å². The Kier molecular flexibility index (Phi) is 7.47. The zero-order valence-corrected chi connectivity index (χ0v) is 21.7. The van der Waals surface area contributed by atoms with Gasteiger partial charge in [0.15, 0.2) is 4.34 Å². The van der Waals surface area contributed by atoms with E-state index >= 15 is 0 Å². The van der Waals surface area contributed by atoms with Crippen molar-refractivity contribution < 1.29 is 23.8 Å². The van der Waals surface area contributed by atoms with E-state index in [0.29, 0.717) is 33.6 Å². The molecule has 1 amide bonds. The Labute approximate surface area is 225 Å². The zero-order valence-electron chi connectivity index (χ0n) is 20.1. The van der Waals surface area contributed by atoms with Gasteiger partial charge >= 0.3 is 5.91 Å². The molecular weight excluding hydrogens is 527 g/mol. The summed E-state index contributed by atoms with van der Waals surface area (Å²) in [4.78, 5) is 31.9. The number of ether oxygens (including phenoxy) is 1. The van der Waals surface area contributed by atoms with Gasteiger partial charge in [-0.25, -0.2) is 4.39 Å². The maximum absolute atomic E-state index is 13.4. The van der Waals surface area contributed by atoms with Crippen LogP contribution in [0.3, 0.4) is 0 Å². The number of aliphatic hydroxyl groups is 1. The maximum atomic E-state index is 13.4. The number of hydrogen-bond acceptors (Lipinski definition) is 9. The van der Waals surface area contributed by atoms with Crippen molar-refractivity contribution in [3.63, 3.8) is 0 Å². The summed E-state index contributed by atoms with van der Waals surface area (Å²) < 4.78 is 19.4. The first-order valence-corrected chi connectivity index (χ1v) is 13.4. The number of anilines is 1. The third-order valence-electron chi connectivity index (χ3n) is 5.76. The molecule has 1 aliphatic rings. The van der Waals surface area contributed by atoms with Crippen LogP contribution in [0.5, 0.6) is 5.75 Å². The summed E-state index contributed by atoms with van der Waals surface area (Å²) in [5.41, 5.74) is 1.77. The van der Waals surface area contributed by atoms with Crippen molar-refractivity contribution in [2.45, 2.75) is 23.1 Å². The summed E-state index contributed by atoms with van der Waals surface area (Å²) in [5.74, 6) is -1.19. The second-order valence-electron chi connectivity index (χ2n) is 8.18. The zero-order chi connectivity index (χ0) is 26.6. The summed E-state index contributed by atoms with van der Waals surface area (Å²) in [6, 6.07) is 15.4. The highest BCUT2D eigenvalue weighted by Gasteiger charge is 2.48. The number of aromatic nitrogens is 3. The van der Waals surface area contributed by atoms with Gasteiger partial charge in [0, 0.05) is 23.7 Å². The van der Waals surface area contributed by atoms with Gasteiger partial charge in [-0.05, 0) is 54.4 Å². The van der Waals surface area contributed by atoms with Gasteiger partial charge in [0.1, 0.15) is 17.3 Å². The van der Waals surface area contributed by atoms with Crippen molar-refractivity contribution >= 4 is 45.7 Å². The molecule has 1 aliphatic heterocycles. The van der Waals surface area contributed by atoms with Gasteiger partial charge in [0.05, 0.1) is 18.2 Å². The molecule has 1 unspecified atom stereocenters. The van der Waals surface area contributed by atoms with Crippen LogP contribution in [-0.4, -0.2) is 38.6 Å². The van der Waals surface area contributed by atoms with E-state index in [4.69, 9.17) is 4.74 Å². The van der Waals surface area contributed by atoms with E-state index in [9.17, 15) is 19.1 Å². The van der Waals surface area contributed by atoms with Crippen LogP contribution in [0.25, 0.3) is 5.76 Å². The number of aliphatic hydroxyl groups excluding tert-OH is 1. The number of halogens is 1. The molecule has 2 aromatic carbocycles. The lowest BCUT2D eigenvalue weighted by atomic mass is 9.95. The lowest BCUT2D eigenvalue weighted by Crippen LogP contribution is -2.29. The number of carbonyl (C=O) groups excluding carboxylic acids is 2. The second-order valence-corrected chi connectivity index (χ2v) is 10.4. The number of benzene rings is 2. The number of amides is 1. The predicted molar refractivity (Wildman–Crippen MR) is 143 cm³/mol. The number of ketones is 1. The molecule has 0 radical (unpaired) electrons. The summed E-state index contributed by atoms with van der Waals surface area (Å²) in [6.07, 6.45) is 2.98. The van der Waals surface area contributed by atoms with E-state index in [1.54, 1.807) is 48.5 Å². The average Bonchev–Trinajstić information content (AvgIpc) is 3.51. The van der Waals surface area contributed by atoms with Crippen molar-refractivity contribution in [1.29, 1.82) is 0 Å². The van der Waals surface area contributed by atoms with E-state index in [1.165, 1.54) is 41.2 Å². The number of rotatable bonds is 8. The minimum Gasteiger partial charge on any atom is -0.507 e. The number of nitrogens with zero attached hydrogens (tertiary/aromatic N) is 4. The number of thioether (sulfide) groups is 1. The molecule has 11 heteroatoms. The van der Waals surface area contributed by atoms with Gasteiger partial charge in [0.2, 0.25) is 5.13 Å². The Morgan fingerprint density at radius 3 is 2.61 bits per heavy atom. The van der Waals surface area contributed by atoms with Gasteiger partial charge in [0.25, 0.3) is 5.78 Å². The van der Waals surface area contributed by atoms with Crippen molar-refractivity contribution in [1.82, 2.24) is 15.2 Å². The smallest absolute Gasteiger partial charge is 0.301 e. The van der Waals surface area contributed by atoms with Crippen molar-refractivity contribution in [2.24, 2.45) is 0 Å². The molecule has 5 rings (SSSR count). The third kappa shape index (κ3) is 5.15. The van der Waals surface area contributed by atoms with Gasteiger partial charge in [-0.3, -0.25) is 19.5 Å². The molecule has 0 spiro atoms. The fourth-order valence-corrected chi connectivity index (χ4v) is 5.86. The van der Waals surface area contributed by atoms with Crippen LogP contribution in [0.2, 0.25) is 0 Å². The van der Waals surface area contributed by atoms with Crippen LogP contribution in [0, 0.1) is 5.82 Å². The lowest BCUT2D eigenvalue weighted by molar-refractivity contribution is -0.132. The lowest BCUT2D eigenvalue weighted by Gasteiger charge is -2.23. The summed E-state index contributed by atoms with van der Waals surface area (Å²) in [6.45, 7) is 2.29. The molecule has 8 nitrogen and oxygen atoms in total. The molecule has 1 atom stereocenters. The molecule has 0 aliphatic carbocycles. The molecule has 4 aromatic rings. The Morgan fingerprint density at radius 1 is 1.11 bits per heavy atom. The van der Waals surface area contributed by atoms with E-state index in [2.05, 4.69) is 15.2 Å². The van der Waals surface area contributed by atoms with Gasteiger partial charge < -0.3 is 9.84 Å². The fourth-order valence-electron chi connectivity index (χ4n) is 4.04. The monoisotopic (exact) mass is 548 g/mol. The number of hydrogen-bond donors (Lipinski definition) is 1. The maximum Gasteiger partial charge on any atom is 0.301 e. The molecule has 2 aromatic heterocycles. The van der Waals surface area contributed by atoms with Crippen LogP contribution in [0.15, 0.2) is 83.0 Å². The standard InChI is InChI=1S/C27H21FN4O4S2/c1-2-36-20-5-3-4-18(14-20)22-21(23(33)17-10-12-29-13-11-17)24(34)25(35)32(22)26-30-31-27(38-26)37-15-16-6-8-19(28)9-7-16/h3-14,22,33H,2,15H2,1H3. The highest BCUT2D eigenvalue weighted by atomic mass is 32.2. The van der Waals surface area contributed by atoms with Crippen LogP contribution in [-0.2, 0) is 15.3 Å². The average molecular weight is 549 g/mol. The number of pyridine rings is 1. The van der Waals surface area contributed by atoms with Crippen molar-refractivity contribution in [2.75, 3.05) is 11.5 Å². The summed E-state index contributed by atoms with van der Waals surface area (Å²) in [7, 11) is 0. The number of Topliss-reactive ketones (excluding diaryl/α,β-unsaturated/α-hetero) is 1. The third-order valence-corrected chi connectivity index (χ3v) is 7.89. The highest BCUT2D eigenvalue weighted by Crippen LogP contribution is 2.44. The van der Waals surface area contributed by atoms with Crippen LogP contribution in [0.4, 0.5) is 9.52 Å². The number of carbonyl (C=O) groups is 2. The first kappa shape index (κ1) is 25.6. The highest BCUT2D eigenvalue weighted by molar-refractivity contribution is 8.00. The van der Waals surface area contributed by atoms with Gasteiger partial charge in [-0.15, -0.1) is 10.2 Å². The van der Waals surface area contributed by atoms with Crippen molar-refractivity contribution in [3.8, 4) is 5.75 Å². The molecule has 3 heterocycles. The van der Waals surface area contributed by atoms with Crippen LogP contribution >= 0.6 is 23.1 Å². The van der Waals surface area contributed by atoms with E-state index in [0.717, 1.165) is 16.9 Å². The normalized spacial score (nSPS) is 16.7. The predicted octanol–water partition coefficient (Wildman–Crippen LogP) is 5.39. The Balaban J connectivity index is 1.54. The summed E-state index contributed by atoms with van der Waals surface area (Å²) >= 11 is 2.54. The van der Waals surface area contributed by atoms with Gasteiger partial charge in [-0.2, -0.15) is 0 Å². The second kappa shape index (κ2) is 11.1. The molecule has 1 fully saturated rings. The van der Waals surface area contributed by atoms with E-state index in [1.807, 2.05) is 6.92 Å². The van der Waals surface area contributed by atoms with Crippen LogP contribution < -0.4 is 9.64 Å². The molecule has 192 valence electrons.